The van der Waals surface area contributed by atoms with Crippen molar-refractivity contribution in [3.63, 3.8) is 0 Å². The van der Waals surface area contributed by atoms with Crippen LogP contribution in [0.1, 0.15) is 15.9 Å². The summed E-state index contributed by atoms with van der Waals surface area (Å²) in [6, 6.07) is 10.5. The Hall–Kier alpha value is -1.52. The first-order valence-corrected chi connectivity index (χ1v) is 6.77. The third-order valence-electron chi connectivity index (χ3n) is 2.70. The quantitative estimate of drug-likeness (QED) is 0.804. The lowest BCUT2D eigenvalue weighted by atomic mass is 10.1. The minimum Gasteiger partial charge on any atom is -0.398 e. The van der Waals surface area contributed by atoms with Gasteiger partial charge in [-0.05, 0) is 52.7 Å². The molecule has 0 fully saturated rings. The molecule has 2 rings (SSSR count). The monoisotopic (exact) mass is 338 g/mol. The van der Waals surface area contributed by atoms with Crippen LogP contribution in [0, 0.1) is 6.92 Å². The van der Waals surface area contributed by atoms with Gasteiger partial charge in [-0.15, -0.1) is 0 Å². The summed E-state index contributed by atoms with van der Waals surface area (Å²) in [7, 11) is 0. The highest BCUT2D eigenvalue weighted by Crippen LogP contribution is 2.25. The fourth-order valence-corrected chi connectivity index (χ4v) is 2.22. The highest BCUT2D eigenvalue weighted by Gasteiger charge is 2.12. The minimum absolute atomic E-state index is 0.237. The van der Waals surface area contributed by atoms with Crippen molar-refractivity contribution in [1.82, 2.24) is 0 Å². The Morgan fingerprint density at radius 2 is 2.05 bits per heavy atom. The number of rotatable bonds is 2. The normalized spacial score (nSPS) is 10.3. The van der Waals surface area contributed by atoms with Crippen molar-refractivity contribution < 1.29 is 4.79 Å². The predicted octanol–water partition coefficient (Wildman–Crippen LogP) is 4.25. The second-order valence-electron chi connectivity index (χ2n) is 4.13. The number of hydrogen-bond acceptors (Lipinski definition) is 2. The van der Waals surface area contributed by atoms with E-state index in [1.165, 1.54) is 0 Å². The summed E-state index contributed by atoms with van der Waals surface area (Å²) in [5, 5.41) is 3.40. The number of carbonyl (C=O) groups is 1. The van der Waals surface area contributed by atoms with Crippen LogP contribution in [0.25, 0.3) is 0 Å². The molecule has 3 N–H and O–H groups in total. The first-order valence-electron chi connectivity index (χ1n) is 5.60. The molecule has 1 amide bonds. The molecule has 5 heteroatoms. The first-order chi connectivity index (χ1) is 8.99. The number of hydrogen-bond donors (Lipinski definition) is 2. The van der Waals surface area contributed by atoms with Gasteiger partial charge in [0.25, 0.3) is 5.91 Å². The van der Waals surface area contributed by atoms with Gasteiger partial charge in [-0.2, -0.15) is 0 Å². The summed E-state index contributed by atoms with van der Waals surface area (Å²) in [4.78, 5) is 12.1. The largest absolute Gasteiger partial charge is 0.398 e. The minimum atomic E-state index is -0.237. The molecule has 19 heavy (non-hydrogen) atoms. The molecule has 0 aromatic heterocycles. The molecular formula is C14H12BrClN2O. The molecular weight excluding hydrogens is 328 g/mol. The van der Waals surface area contributed by atoms with E-state index in [0.29, 0.717) is 26.4 Å². The van der Waals surface area contributed by atoms with Crippen LogP contribution in [0.5, 0.6) is 0 Å². The van der Waals surface area contributed by atoms with Gasteiger partial charge < -0.3 is 11.1 Å². The summed E-state index contributed by atoms with van der Waals surface area (Å²) < 4.78 is 0.589. The van der Waals surface area contributed by atoms with Crippen LogP contribution in [0.4, 0.5) is 11.4 Å². The molecule has 2 aromatic rings. The maximum absolute atomic E-state index is 12.1. The molecule has 0 radical (unpaired) electrons. The van der Waals surface area contributed by atoms with Crippen molar-refractivity contribution in [1.29, 1.82) is 0 Å². The molecule has 0 aliphatic rings. The van der Waals surface area contributed by atoms with Gasteiger partial charge in [-0.3, -0.25) is 4.79 Å². The Morgan fingerprint density at radius 1 is 1.32 bits per heavy atom. The van der Waals surface area contributed by atoms with Crippen molar-refractivity contribution in [3.05, 3.63) is 57.0 Å². The van der Waals surface area contributed by atoms with E-state index in [1.807, 2.05) is 13.0 Å². The summed E-state index contributed by atoms with van der Waals surface area (Å²) in [6.45, 7) is 1.91. The average Bonchev–Trinajstić information content (AvgIpc) is 2.37. The highest BCUT2D eigenvalue weighted by molar-refractivity contribution is 9.10. The SMILES string of the molecule is Cc1ccc(NC(=O)c2cccc(N)c2Br)cc1Cl. The number of amides is 1. The number of nitrogen functional groups attached to an aromatic ring is 1. The van der Waals surface area contributed by atoms with Gasteiger partial charge >= 0.3 is 0 Å². The molecule has 0 unspecified atom stereocenters. The molecule has 0 aliphatic carbocycles. The van der Waals surface area contributed by atoms with Crippen molar-refractivity contribution >= 4 is 44.8 Å². The van der Waals surface area contributed by atoms with Crippen LogP contribution in [-0.4, -0.2) is 5.91 Å². The lowest BCUT2D eigenvalue weighted by Crippen LogP contribution is -2.13. The van der Waals surface area contributed by atoms with E-state index in [0.717, 1.165) is 5.56 Å². The van der Waals surface area contributed by atoms with Crippen LogP contribution in [0.15, 0.2) is 40.9 Å². The standard InChI is InChI=1S/C14H12BrClN2O/c1-8-5-6-9(7-11(8)16)18-14(19)10-3-2-4-12(17)13(10)15/h2-7H,17H2,1H3,(H,18,19). The number of anilines is 2. The average molecular weight is 340 g/mol. The Balaban J connectivity index is 2.26. The number of carbonyl (C=O) groups excluding carboxylic acids is 1. The molecule has 98 valence electrons. The molecule has 0 bridgehead atoms. The van der Waals surface area contributed by atoms with E-state index in [-0.39, 0.29) is 5.91 Å². The van der Waals surface area contributed by atoms with Gasteiger partial charge in [-0.25, -0.2) is 0 Å². The highest BCUT2D eigenvalue weighted by atomic mass is 79.9. The van der Waals surface area contributed by atoms with Gasteiger partial charge in [-0.1, -0.05) is 23.7 Å². The summed E-state index contributed by atoms with van der Waals surface area (Å²) >= 11 is 9.33. The predicted molar refractivity (Wildman–Crippen MR) is 82.7 cm³/mol. The van der Waals surface area contributed by atoms with E-state index in [1.54, 1.807) is 30.3 Å². The number of benzene rings is 2. The number of nitrogens with one attached hydrogen (secondary N) is 1. The van der Waals surface area contributed by atoms with Gasteiger partial charge in [0.05, 0.1) is 10.0 Å². The smallest absolute Gasteiger partial charge is 0.256 e. The lowest BCUT2D eigenvalue weighted by Gasteiger charge is -2.09. The third-order valence-corrected chi connectivity index (χ3v) is 4.00. The Labute approximate surface area is 124 Å². The summed E-state index contributed by atoms with van der Waals surface area (Å²) in [5.74, 6) is -0.237. The first kappa shape index (κ1) is 13.9. The zero-order valence-corrected chi connectivity index (χ0v) is 12.5. The van der Waals surface area contributed by atoms with Crippen LogP contribution in [-0.2, 0) is 0 Å². The van der Waals surface area contributed by atoms with Crippen LogP contribution in [0.2, 0.25) is 5.02 Å². The molecule has 0 spiro atoms. The molecule has 0 heterocycles. The van der Waals surface area contributed by atoms with Gasteiger partial charge in [0.1, 0.15) is 0 Å². The molecule has 0 saturated carbocycles. The van der Waals surface area contributed by atoms with Crippen molar-refractivity contribution in [2.45, 2.75) is 6.92 Å². The van der Waals surface area contributed by atoms with E-state index in [9.17, 15) is 4.79 Å². The fraction of sp³-hybridized carbons (Fsp3) is 0.0714. The van der Waals surface area contributed by atoms with Crippen LogP contribution in [0.3, 0.4) is 0 Å². The summed E-state index contributed by atoms with van der Waals surface area (Å²) in [6.07, 6.45) is 0. The van der Waals surface area contributed by atoms with E-state index < -0.39 is 0 Å². The molecule has 0 atom stereocenters. The van der Waals surface area contributed by atoms with Gasteiger partial charge in [0.2, 0.25) is 0 Å². The van der Waals surface area contributed by atoms with Crippen molar-refractivity contribution in [2.75, 3.05) is 11.1 Å². The van der Waals surface area contributed by atoms with Crippen molar-refractivity contribution in [3.8, 4) is 0 Å². The van der Waals surface area contributed by atoms with E-state index >= 15 is 0 Å². The number of halogens is 2. The van der Waals surface area contributed by atoms with Crippen LogP contribution < -0.4 is 11.1 Å². The Kier molecular flexibility index (Phi) is 4.12. The summed E-state index contributed by atoms with van der Waals surface area (Å²) in [5.41, 5.74) is 8.36. The number of nitrogens with two attached hydrogens (primary N) is 1. The molecule has 3 nitrogen and oxygen atoms in total. The second-order valence-corrected chi connectivity index (χ2v) is 5.33. The van der Waals surface area contributed by atoms with E-state index in [4.69, 9.17) is 17.3 Å². The topological polar surface area (TPSA) is 55.1 Å². The Morgan fingerprint density at radius 3 is 2.74 bits per heavy atom. The fourth-order valence-electron chi connectivity index (χ4n) is 1.59. The third kappa shape index (κ3) is 3.08. The second kappa shape index (κ2) is 5.63. The van der Waals surface area contributed by atoms with Crippen molar-refractivity contribution in [2.24, 2.45) is 0 Å². The zero-order chi connectivity index (χ0) is 14.0. The van der Waals surface area contributed by atoms with Gasteiger partial charge in [0.15, 0.2) is 0 Å². The zero-order valence-electron chi connectivity index (χ0n) is 10.2. The maximum atomic E-state index is 12.1. The maximum Gasteiger partial charge on any atom is 0.256 e. The molecule has 2 aromatic carbocycles. The number of aryl methyl sites for hydroxylation is 1. The molecule has 0 aliphatic heterocycles. The van der Waals surface area contributed by atoms with E-state index in [2.05, 4.69) is 21.2 Å². The van der Waals surface area contributed by atoms with Gasteiger partial charge in [0, 0.05) is 16.4 Å². The van der Waals surface area contributed by atoms with Crippen LogP contribution >= 0.6 is 27.5 Å². The Bertz CT molecular complexity index is 643. The lowest BCUT2D eigenvalue weighted by molar-refractivity contribution is 0.102. The molecule has 0 saturated heterocycles.